The third-order valence-corrected chi connectivity index (χ3v) is 5.07. The minimum absolute atomic E-state index is 0.259. The quantitative estimate of drug-likeness (QED) is 0.714. The summed E-state index contributed by atoms with van der Waals surface area (Å²) in [6.07, 6.45) is 6.37. The topological polar surface area (TPSA) is 78.4 Å². The molecule has 1 atom stereocenters. The summed E-state index contributed by atoms with van der Waals surface area (Å²) in [6, 6.07) is 6.41. The number of nitrogens with one attached hydrogen (secondary N) is 2. The van der Waals surface area contributed by atoms with E-state index in [0.29, 0.717) is 6.42 Å². The van der Waals surface area contributed by atoms with Crippen LogP contribution in [0, 0.1) is 5.41 Å². The van der Waals surface area contributed by atoms with Gasteiger partial charge in [-0.05, 0) is 36.3 Å². The van der Waals surface area contributed by atoms with Crippen LogP contribution in [0.15, 0.2) is 24.3 Å². The molecule has 138 valence electrons. The summed E-state index contributed by atoms with van der Waals surface area (Å²) >= 11 is 0. The molecule has 1 unspecified atom stereocenters. The van der Waals surface area contributed by atoms with E-state index in [1.54, 1.807) is 12.1 Å². The summed E-state index contributed by atoms with van der Waals surface area (Å²) in [4.78, 5) is 23.9. The van der Waals surface area contributed by atoms with E-state index in [1.807, 2.05) is 32.9 Å². The van der Waals surface area contributed by atoms with E-state index >= 15 is 0 Å². The minimum atomic E-state index is -0.543. The van der Waals surface area contributed by atoms with Crippen molar-refractivity contribution in [3.63, 3.8) is 0 Å². The molecule has 2 rings (SSSR count). The first-order chi connectivity index (χ1) is 11.8. The van der Waals surface area contributed by atoms with Crippen LogP contribution < -0.4 is 10.6 Å². The van der Waals surface area contributed by atoms with Crippen molar-refractivity contribution in [1.29, 1.82) is 0 Å². The number of carbonyl (C=O) groups is 2. The molecule has 1 aromatic carbocycles. The Labute approximate surface area is 150 Å². The van der Waals surface area contributed by atoms with Crippen molar-refractivity contribution in [2.24, 2.45) is 5.41 Å². The van der Waals surface area contributed by atoms with E-state index in [4.69, 9.17) is 0 Å². The molecule has 1 aromatic rings. The summed E-state index contributed by atoms with van der Waals surface area (Å²) in [5.41, 5.74) is 0.121. The number of carbonyl (C=O) groups excluding carboxylic acids is 2. The average Bonchev–Trinajstić information content (AvgIpc) is 2.54. The number of rotatable bonds is 5. The lowest BCUT2D eigenvalue weighted by Gasteiger charge is -2.39. The number of para-hydroxylation sites is 1. The Balaban J connectivity index is 2.13. The molecule has 0 saturated heterocycles. The van der Waals surface area contributed by atoms with E-state index < -0.39 is 6.04 Å². The highest BCUT2D eigenvalue weighted by Crippen LogP contribution is 2.33. The van der Waals surface area contributed by atoms with Crippen molar-refractivity contribution in [2.75, 3.05) is 0 Å². The van der Waals surface area contributed by atoms with Crippen LogP contribution in [-0.4, -0.2) is 29.0 Å². The van der Waals surface area contributed by atoms with Gasteiger partial charge in [-0.15, -0.1) is 0 Å². The summed E-state index contributed by atoms with van der Waals surface area (Å²) in [5.74, 6) is 0.259. The van der Waals surface area contributed by atoms with Crippen molar-refractivity contribution < 1.29 is 14.7 Å². The minimum Gasteiger partial charge on any atom is -0.508 e. The summed E-state index contributed by atoms with van der Waals surface area (Å²) in [7, 11) is 0. The predicted octanol–water partition coefficient (Wildman–Crippen LogP) is 3.55. The Morgan fingerprint density at radius 3 is 2.44 bits per heavy atom. The fourth-order valence-electron chi connectivity index (χ4n) is 3.47. The monoisotopic (exact) mass is 346 g/mol. The standard InChI is InChI=1S/C20H30N2O3/c1-19(2,3)17(14-23)21-18(25)22-20(11-7-4-8-12-20)13-15-9-5-6-10-16(15)24/h5-6,9-10,14,17,24H,4,7-8,11-13H2,1-3H3,(H2,21,22,25). The van der Waals surface area contributed by atoms with E-state index in [9.17, 15) is 14.7 Å². The number of amides is 2. The second kappa shape index (κ2) is 7.89. The van der Waals surface area contributed by atoms with Crippen LogP contribution in [0.2, 0.25) is 0 Å². The molecule has 0 aliphatic heterocycles. The van der Waals surface area contributed by atoms with Gasteiger partial charge in [0.05, 0.1) is 6.04 Å². The van der Waals surface area contributed by atoms with Crippen LogP contribution in [0.25, 0.3) is 0 Å². The Kier molecular flexibility index (Phi) is 6.09. The molecule has 1 saturated carbocycles. The number of phenolic OH excluding ortho intramolecular Hbond substituents is 1. The molecule has 2 amide bonds. The molecule has 0 bridgehead atoms. The third-order valence-electron chi connectivity index (χ3n) is 5.07. The number of aldehydes is 1. The van der Waals surface area contributed by atoms with Gasteiger partial charge in [0.1, 0.15) is 12.0 Å². The number of hydrogen-bond donors (Lipinski definition) is 3. The van der Waals surface area contributed by atoms with Crippen LogP contribution in [0.3, 0.4) is 0 Å². The first kappa shape index (κ1) is 19.3. The lowest BCUT2D eigenvalue weighted by atomic mass is 9.77. The highest BCUT2D eigenvalue weighted by atomic mass is 16.3. The zero-order valence-electron chi connectivity index (χ0n) is 15.5. The van der Waals surface area contributed by atoms with E-state index in [1.165, 1.54) is 0 Å². The van der Waals surface area contributed by atoms with Gasteiger partial charge in [0, 0.05) is 5.54 Å². The Hall–Kier alpha value is -2.04. The molecule has 1 fully saturated rings. The van der Waals surface area contributed by atoms with E-state index in [-0.39, 0.29) is 22.7 Å². The molecule has 25 heavy (non-hydrogen) atoms. The summed E-state index contributed by atoms with van der Waals surface area (Å²) in [5, 5.41) is 16.0. The highest BCUT2D eigenvalue weighted by Gasteiger charge is 2.35. The van der Waals surface area contributed by atoms with Gasteiger partial charge in [0.15, 0.2) is 0 Å². The lowest BCUT2D eigenvalue weighted by molar-refractivity contribution is -0.111. The zero-order valence-corrected chi connectivity index (χ0v) is 15.5. The zero-order chi connectivity index (χ0) is 18.5. The van der Waals surface area contributed by atoms with Crippen LogP contribution in [-0.2, 0) is 11.2 Å². The number of urea groups is 1. The molecular weight excluding hydrogens is 316 g/mol. The van der Waals surface area contributed by atoms with Gasteiger partial charge in [-0.2, -0.15) is 0 Å². The Bertz CT molecular complexity index is 601. The van der Waals surface area contributed by atoms with Gasteiger partial charge >= 0.3 is 6.03 Å². The van der Waals surface area contributed by atoms with Gasteiger partial charge in [-0.3, -0.25) is 0 Å². The molecule has 3 N–H and O–H groups in total. The van der Waals surface area contributed by atoms with Crippen molar-refractivity contribution in [3.8, 4) is 5.75 Å². The van der Waals surface area contributed by atoms with Gasteiger partial charge in [0.25, 0.3) is 0 Å². The maximum Gasteiger partial charge on any atom is 0.315 e. The first-order valence-corrected chi connectivity index (χ1v) is 9.07. The molecule has 1 aliphatic rings. The number of hydrogen-bond acceptors (Lipinski definition) is 3. The first-order valence-electron chi connectivity index (χ1n) is 9.07. The van der Waals surface area contributed by atoms with E-state index in [0.717, 1.165) is 44.0 Å². The van der Waals surface area contributed by atoms with Crippen molar-refractivity contribution in [3.05, 3.63) is 29.8 Å². The van der Waals surface area contributed by atoms with Crippen molar-refractivity contribution in [2.45, 2.75) is 70.9 Å². The summed E-state index contributed by atoms with van der Waals surface area (Å²) < 4.78 is 0. The van der Waals surface area contributed by atoms with Crippen LogP contribution in [0.5, 0.6) is 5.75 Å². The third kappa shape index (κ3) is 5.21. The van der Waals surface area contributed by atoms with Crippen LogP contribution in [0.4, 0.5) is 4.79 Å². The van der Waals surface area contributed by atoms with Crippen molar-refractivity contribution >= 4 is 12.3 Å². The molecule has 1 aliphatic carbocycles. The van der Waals surface area contributed by atoms with Crippen LogP contribution in [0.1, 0.15) is 58.4 Å². The number of benzene rings is 1. The Morgan fingerprint density at radius 2 is 1.88 bits per heavy atom. The smallest absolute Gasteiger partial charge is 0.315 e. The second-order valence-electron chi connectivity index (χ2n) is 8.22. The summed E-state index contributed by atoms with van der Waals surface area (Å²) in [6.45, 7) is 5.76. The van der Waals surface area contributed by atoms with Gasteiger partial charge in [-0.1, -0.05) is 58.2 Å². The Morgan fingerprint density at radius 1 is 1.24 bits per heavy atom. The van der Waals surface area contributed by atoms with Crippen LogP contribution >= 0.6 is 0 Å². The SMILES string of the molecule is CC(C)(C)C(C=O)NC(=O)NC1(Cc2ccccc2O)CCCCC1. The maximum atomic E-state index is 12.6. The highest BCUT2D eigenvalue weighted by molar-refractivity contribution is 5.79. The maximum absolute atomic E-state index is 12.6. The number of aromatic hydroxyl groups is 1. The fraction of sp³-hybridized carbons (Fsp3) is 0.600. The van der Waals surface area contributed by atoms with Gasteiger partial charge < -0.3 is 20.5 Å². The fourth-order valence-corrected chi connectivity index (χ4v) is 3.47. The van der Waals surface area contributed by atoms with Gasteiger partial charge in [0.2, 0.25) is 0 Å². The van der Waals surface area contributed by atoms with E-state index in [2.05, 4.69) is 10.6 Å². The molecule has 5 nitrogen and oxygen atoms in total. The molecule has 0 spiro atoms. The molecule has 0 heterocycles. The lowest BCUT2D eigenvalue weighted by Crippen LogP contribution is -2.57. The molecular formula is C20H30N2O3. The number of phenols is 1. The second-order valence-corrected chi connectivity index (χ2v) is 8.22. The predicted molar refractivity (Wildman–Crippen MR) is 98.6 cm³/mol. The van der Waals surface area contributed by atoms with Crippen molar-refractivity contribution in [1.82, 2.24) is 10.6 Å². The van der Waals surface area contributed by atoms with Gasteiger partial charge in [-0.25, -0.2) is 4.79 Å². The average molecular weight is 346 g/mol. The normalized spacial score (nSPS) is 18.2. The molecule has 0 aromatic heterocycles. The largest absolute Gasteiger partial charge is 0.508 e. The molecule has 0 radical (unpaired) electrons. The molecule has 5 heteroatoms.